The monoisotopic (exact) mass is 275 g/mol. The van der Waals surface area contributed by atoms with Crippen LogP contribution in [0.25, 0.3) is 0 Å². The molecule has 0 spiro atoms. The van der Waals surface area contributed by atoms with Crippen LogP contribution in [0.1, 0.15) is 23.2 Å². The molecule has 108 valence electrons. The molecule has 3 N–H and O–H groups in total. The molecule has 1 aromatic carbocycles. The van der Waals surface area contributed by atoms with Crippen LogP contribution in [-0.2, 0) is 0 Å². The number of hydrogen-bond donors (Lipinski definition) is 2. The number of fused-ring (bicyclic) bond motifs is 3. The minimum absolute atomic E-state index is 0.0689. The van der Waals surface area contributed by atoms with Gasteiger partial charge >= 0.3 is 0 Å². The molecule has 3 saturated heterocycles. The number of carbonyl (C=O) groups excluding carboxylic acids is 1. The molecule has 4 rings (SSSR count). The summed E-state index contributed by atoms with van der Waals surface area (Å²) >= 11 is 0. The summed E-state index contributed by atoms with van der Waals surface area (Å²) in [6, 6.07) is 5.40. The molecule has 0 radical (unpaired) electrons. The number of piperidine rings is 3. The Morgan fingerprint density at radius 1 is 1.40 bits per heavy atom. The Labute approximate surface area is 119 Å². The lowest BCUT2D eigenvalue weighted by Gasteiger charge is -2.44. The number of anilines is 1. The number of nitrogens with zero attached hydrogens (tertiary/aromatic N) is 1. The number of nitrogens with two attached hydrogens (primary N) is 1. The fourth-order valence-corrected chi connectivity index (χ4v) is 3.27. The molecule has 0 aliphatic carbocycles. The van der Waals surface area contributed by atoms with Gasteiger partial charge in [0.2, 0.25) is 0 Å². The van der Waals surface area contributed by atoms with Crippen LogP contribution in [0.15, 0.2) is 18.2 Å². The normalized spacial score (nSPS) is 28.1. The maximum atomic E-state index is 12.4. The van der Waals surface area contributed by atoms with Crippen molar-refractivity contribution in [1.82, 2.24) is 10.2 Å². The number of hydrogen-bond acceptors (Lipinski definition) is 4. The van der Waals surface area contributed by atoms with E-state index in [1.54, 1.807) is 25.3 Å². The highest BCUT2D eigenvalue weighted by atomic mass is 16.5. The van der Waals surface area contributed by atoms with Crippen LogP contribution in [0.5, 0.6) is 5.75 Å². The molecule has 1 aromatic rings. The Morgan fingerprint density at radius 2 is 2.15 bits per heavy atom. The number of benzene rings is 1. The predicted octanol–water partition coefficient (Wildman–Crippen LogP) is 1.10. The highest BCUT2D eigenvalue weighted by Crippen LogP contribution is 2.28. The molecule has 1 atom stereocenters. The van der Waals surface area contributed by atoms with Crippen molar-refractivity contribution in [3.05, 3.63) is 23.8 Å². The molecule has 3 fully saturated rings. The molecular weight excluding hydrogens is 254 g/mol. The molecule has 0 aromatic heterocycles. The molecule has 3 heterocycles. The zero-order chi connectivity index (χ0) is 14.1. The lowest BCUT2D eigenvalue weighted by atomic mass is 9.84. The first-order chi connectivity index (χ1) is 9.67. The molecule has 0 saturated carbocycles. The zero-order valence-electron chi connectivity index (χ0n) is 11.8. The largest absolute Gasteiger partial charge is 0.496 e. The molecule has 0 unspecified atom stereocenters. The summed E-state index contributed by atoms with van der Waals surface area (Å²) in [6.07, 6.45) is 2.37. The zero-order valence-corrected chi connectivity index (χ0v) is 11.8. The van der Waals surface area contributed by atoms with Crippen LogP contribution in [0.3, 0.4) is 0 Å². The van der Waals surface area contributed by atoms with E-state index in [9.17, 15) is 4.79 Å². The second-order valence-corrected chi connectivity index (χ2v) is 5.68. The number of ether oxygens (including phenoxy) is 1. The van der Waals surface area contributed by atoms with Gasteiger partial charge in [-0.05, 0) is 44.0 Å². The number of amides is 1. The van der Waals surface area contributed by atoms with Crippen LogP contribution < -0.4 is 15.8 Å². The Bertz CT molecular complexity index is 510. The molecule has 1 amide bonds. The molecule has 5 heteroatoms. The van der Waals surface area contributed by atoms with E-state index >= 15 is 0 Å². The number of carbonyl (C=O) groups is 1. The Morgan fingerprint density at radius 3 is 2.75 bits per heavy atom. The summed E-state index contributed by atoms with van der Waals surface area (Å²) in [5.41, 5.74) is 6.87. The summed E-state index contributed by atoms with van der Waals surface area (Å²) in [5.74, 6) is 1.08. The Kier molecular flexibility index (Phi) is 3.53. The highest BCUT2D eigenvalue weighted by Gasteiger charge is 2.35. The van der Waals surface area contributed by atoms with Crippen molar-refractivity contribution in [2.24, 2.45) is 5.92 Å². The molecule has 3 aliphatic rings. The second kappa shape index (κ2) is 5.32. The molecule has 20 heavy (non-hydrogen) atoms. The van der Waals surface area contributed by atoms with Gasteiger partial charge in [0, 0.05) is 24.3 Å². The average Bonchev–Trinajstić information content (AvgIpc) is 2.48. The maximum Gasteiger partial charge on any atom is 0.255 e. The highest BCUT2D eigenvalue weighted by molar-refractivity contribution is 5.97. The standard InChI is InChI=1S/C15H21N3O2/c1-20-14-8-11(16)2-3-12(14)15(19)17-13-9-18-6-4-10(13)5-7-18/h2-3,8,10,13H,4-7,9,16H2,1H3,(H,17,19)/t13-/m0/s1. The van der Waals surface area contributed by atoms with Crippen molar-refractivity contribution in [3.63, 3.8) is 0 Å². The topological polar surface area (TPSA) is 67.6 Å². The Hall–Kier alpha value is -1.75. The quantitative estimate of drug-likeness (QED) is 0.811. The predicted molar refractivity (Wildman–Crippen MR) is 77.8 cm³/mol. The minimum Gasteiger partial charge on any atom is -0.496 e. The van der Waals surface area contributed by atoms with Gasteiger partial charge in [0.25, 0.3) is 5.91 Å². The smallest absolute Gasteiger partial charge is 0.255 e. The van der Waals surface area contributed by atoms with E-state index in [2.05, 4.69) is 10.2 Å². The third kappa shape index (κ3) is 2.45. The van der Waals surface area contributed by atoms with E-state index in [0.29, 0.717) is 22.9 Å². The SMILES string of the molecule is COc1cc(N)ccc1C(=O)N[C@H]1CN2CCC1CC2. The van der Waals surface area contributed by atoms with Gasteiger partial charge in [-0.15, -0.1) is 0 Å². The van der Waals surface area contributed by atoms with Crippen LogP contribution in [0.4, 0.5) is 5.69 Å². The fraction of sp³-hybridized carbons (Fsp3) is 0.533. The third-order valence-electron chi connectivity index (χ3n) is 4.44. The van der Waals surface area contributed by atoms with Crippen molar-refractivity contribution >= 4 is 11.6 Å². The van der Waals surface area contributed by atoms with Crippen molar-refractivity contribution in [1.29, 1.82) is 0 Å². The third-order valence-corrected chi connectivity index (χ3v) is 4.44. The molecule has 3 aliphatic heterocycles. The number of rotatable bonds is 3. The lowest BCUT2D eigenvalue weighted by molar-refractivity contribution is 0.0619. The number of nitrogen functional groups attached to an aromatic ring is 1. The van der Waals surface area contributed by atoms with Gasteiger partial charge in [0.05, 0.1) is 12.7 Å². The summed E-state index contributed by atoms with van der Waals surface area (Å²) < 4.78 is 5.25. The summed E-state index contributed by atoms with van der Waals surface area (Å²) in [5, 5.41) is 3.16. The van der Waals surface area contributed by atoms with Crippen LogP contribution >= 0.6 is 0 Å². The van der Waals surface area contributed by atoms with Crippen molar-refractivity contribution in [3.8, 4) is 5.75 Å². The van der Waals surface area contributed by atoms with Crippen molar-refractivity contribution < 1.29 is 9.53 Å². The summed E-state index contributed by atoms with van der Waals surface area (Å²) in [7, 11) is 1.56. The van der Waals surface area contributed by atoms with E-state index in [-0.39, 0.29) is 11.9 Å². The van der Waals surface area contributed by atoms with Gasteiger partial charge in [-0.25, -0.2) is 0 Å². The van der Waals surface area contributed by atoms with Gasteiger partial charge < -0.3 is 20.7 Å². The molecular formula is C15H21N3O2. The van der Waals surface area contributed by atoms with E-state index in [0.717, 1.165) is 6.54 Å². The van der Waals surface area contributed by atoms with Gasteiger partial charge in [-0.3, -0.25) is 4.79 Å². The van der Waals surface area contributed by atoms with Crippen molar-refractivity contribution in [2.75, 3.05) is 32.5 Å². The first-order valence-corrected chi connectivity index (χ1v) is 7.14. The van der Waals surface area contributed by atoms with Crippen LogP contribution in [0, 0.1) is 5.92 Å². The summed E-state index contributed by atoms with van der Waals surface area (Å²) in [6.45, 7) is 3.30. The van der Waals surface area contributed by atoms with Crippen molar-refractivity contribution in [2.45, 2.75) is 18.9 Å². The average molecular weight is 275 g/mol. The molecule has 2 bridgehead atoms. The fourth-order valence-electron chi connectivity index (χ4n) is 3.27. The summed E-state index contributed by atoms with van der Waals surface area (Å²) in [4.78, 5) is 14.9. The number of methoxy groups -OCH3 is 1. The number of nitrogens with one attached hydrogen (secondary N) is 1. The van der Waals surface area contributed by atoms with E-state index < -0.39 is 0 Å². The van der Waals surface area contributed by atoms with E-state index in [4.69, 9.17) is 10.5 Å². The van der Waals surface area contributed by atoms with E-state index in [1.807, 2.05) is 0 Å². The minimum atomic E-state index is -0.0689. The van der Waals surface area contributed by atoms with Gasteiger partial charge in [-0.2, -0.15) is 0 Å². The first-order valence-electron chi connectivity index (χ1n) is 7.14. The molecule has 5 nitrogen and oxygen atoms in total. The first kappa shape index (κ1) is 13.2. The Balaban J connectivity index is 1.73. The van der Waals surface area contributed by atoms with Gasteiger partial charge in [0.1, 0.15) is 5.75 Å². The van der Waals surface area contributed by atoms with E-state index in [1.165, 1.54) is 25.9 Å². The lowest BCUT2D eigenvalue weighted by Crippen LogP contribution is -2.57. The van der Waals surface area contributed by atoms with Crippen LogP contribution in [0.2, 0.25) is 0 Å². The van der Waals surface area contributed by atoms with Crippen LogP contribution in [-0.4, -0.2) is 43.6 Å². The second-order valence-electron chi connectivity index (χ2n) is 5.68. The maximum absolute atomic E-state index is 12.4. The van der Waals surface area contributed by atoms with Gasteiger partial charge in [-0.1, -0.05) is 0 Å². The van der Waals surface area contributed by atoms with Gasteiger partial charge in [0.15, 0.2) is 0 Å².